The third kappa shape index (κ3) is 5.79. The van der Waals surface area contributed by atoms with Gasteiger partial charge in [-0.15, -0.1) is 0 Å². The molecule has 0 aliphatic carbocycles. The Labute approximate surface area is 102 Å². The summed E-state index contributed by atoms with van der Waals surface area (Å²) < 4.78 is 5.71. The van der Waals surface area contributed by atoms with Crippen LogP contribution in [0.5, 0.6) is 0 Å². The summed E-state index contributed by atoms with van der Waals surface area (Å²) in [5, 5.41) is 0. The Hall–Kier alpha value is -0.980. The van der Waals surface area contributed by atoms with E-state index in [1.54, 1.807) is 0 Å². The molecule has 0 atom stereocenters. The average molecular weight is 224 g/mol. The van der Waals surface area contributed by atoms with Gasteiger partial charge < -0.3 is 4.74 Å². The Morgan fingerprint density at radius 2 is 1.69 bits per heavy atom. The molecule has 0 spiro atoms. The average Bonchev–Trinajstić information content (AvgIpc) is 2.59. The van der Waals surface area contributed by atoms with Crippen molar-refractivity contribution in [3.05, 3.63) is 36.1 Å². The van der Waals surface area contributed by atoms with Gasteiger partial charge >= 0.3 is 0 Å². The molecule has 1 heteroatoms. The number of allylic oxidation sites excluding steroid dienone is 3. The van der Waals surface area contributed by atoms with Crippen LogP contribution in [0, 0.1) is 0 Å². The van der Waals surface area contributed by atoms with Crippen molar-refractivity contribution in [1.82, 2.24) is 0 Å². The van der Waals surface area contributed by atoms with E-state index in [1.165, 1.54) is 5.57 Å². The van der Waals surface area contributed by atoms with Crippen molar-refractivity contribution in [3.8, 4) is 0 Å². The van der Waals surface area contributed by atoms with Gasteiger partial charge in [-0.2, -0.15) is 0 Å². The molecule has 0 aromatic heterocycles. The predicted octanol–water partition coefficient (Wildman–Crippen LogP) is 5.25. The fourth-order valence-electron chi connectivity index (χ4n) is 1.41. The van der Waals surface area contributed by atoms with Crippen LogP contribution in [-0.4, -0.2) is 5.60 Å². The molecular formula is C15H28O. The van der Waals surface area contributed by atoms with Crippen LogP contribution in [-0.2, 0) is 4.74 Å². The smallest absolute Gasteiger partial charge is 0.123 e. The fraction of sp³-hybridized carbons (Fsp3) is 0.600. The molecule has 0 radical (unpaired) electrons. The van der Waals surface area contributed by atoms with Crippen molar-refractivity contribution in [3.63, 3.8) is 0 Å². The molecule has 0 N–H and O–H groups in total. The Morgan fingerprint density at radius 3 is 2.06 bits per heavy atom. The van der Waals surface area contributed by atoms with Crippen molar-refractivity contribution in [2.75, 3.05) is 0 Å². The summed E-state index contributed by atoms with van der Waals surface area (Å²) in [5.74, 6) is 0.970. The lowest BCUT2D eigenvalue weighted by Gasteiger charge is -2.18. The molecule has 0 aromatic carbocycles. The van der Waals surface area contributed by atoms with E-state index in [-0.39, 0.29) is 5.60 Å². The second-order valence-corrected chi connectivity index (χ2v) is 3.63. The lowest BCUT2D eigenvalue weighted by atomic mass is 10.0. The zero-order valence-corrected chi connectivity index (χ0v) is 12.1. The third-order valence-electron chi connectivity index (χ3n) is 1.88. The maximum Gasteiger partial charge on any atom is 0.123 e. The van der Waals surface area contributed by atoms with Crippen LogP contribution in [0.1, 0.15) is 54.9 Å². The monoisotopic (exact) mass is 224 g/mol. The molecule has 16 heavy (non-hydrogen) atoms. The Balaban J connectivity index is 0. The van der Waals surface area contributed by atoms with Crippen LogP contribution in [0.15, 0.2) is 36.1 Å². The summed E-state index contributed by atoms with van der Waals surface area (Å²) in [6, 6.07) is 0. The van der Waals surface area contributed by atoms with Crippen LogP contribution in [0.4, 0.5) is 0 Å². The predicted molar refractivity (Wildman–Crippen MR) is 74.5 cm³/mol. The number of ether oxygens (including phenoxy) is 1. The van der Waals surface area contributed by atoms with Crippen molar-refractivity contribution in [2.45, 2.75) is 60.5 Å². The van der Waals surface area contributed by atoms with Crippen molar-refractivity contribution in [1.29, 1.82) is 0 Å². The first-order chi connectivity index (χ1) is 7.59. The molecule has 1 rings (SSSR count). The van der Waals surface area contributed by atoms with Gasteiger partial charge in [0, 0.05) is 6.42 Å². The van der Waals surface area contributed by atoms with Gasteiger partial charge in [-0.25, -0.2) is 0 Å². The first-order valence-electron chi connectivity index (χ1n) is 6.26. The molecule has 0 amide bonds. The highest BCUT2D eigenvalue weighted by molar-refractivity contribution is 5.33. The normalized spacial score (nSPS) is 16.9. The molecule has 94 valence electrons. The van der Waals surface area contributed by atoms with Crippen molar-refractivity contribution in [2.24, 2.45) is 0 Å². The van der Waals surface area contributed by atoms with Gasteiger partial charge in [-0.1, -0.05) is 46.4 Å². The van der Waals surface area contributed by atoms with Crippen molar-refractivity contribution >= 4 is 0 Å². The minimum atomic E-state index is -0.0572. The molecule has 0 saturated carbocycles. The molecule has 0 unspecified atom stereocenters. The van der Waals surface area contributed by atoms with E-state index >= 15 is 0 Å². The highest BCUT2D eigenvalue weighted by Crippen LogP contribution is 2.34. The topological polar surface area (TPSA) is 9.23 Å². The van der Waals surface area contributed by atoms with E-state index in [1.807, 2.05) is 52.8 Å². The molecule has 0 saturated heterocycles. The minimum absolute atomic E-state index is 0.0572. The molecule has 1 aliphatic rings. The summed E-state index contributed by atoms with van der Waals surface area (Å²) in [4.78, 5) is 0. The van der Waals surface area contributed by atoms with E-state index in [0.29, 0.717) is 0 Å². The molecule has 1 aliphatic heterocycles. The Kier molecular flexibility index (Phi) is 10.1. The van der Waals surface area contributed by atoms with Gasteiger partial charge in [0.2, 0.25) is 0 Å². The summed E-state index contributed by atoms with van der Waals surface area (Å²) in [5.41, 5.74) is 1.15. The summed E-state index contributed by atoms with van der Waals surface area (Å²) in [6.07, 6.45) is 6.81. The second-order valence-electron chi connectivity index (χ2n) is 3.63. The minimum Gasteiger partial charge on any atom is -0.487 e. The third-order valence-corrected chi connectivity index (χ3v) is 1.88. The van der Waals surface area contributed by atoms with Crippen molar-refractivity contribution < 1.29 is 4.74 Å². The van der Waals surface area contributed by atoms with Crippen LogP contribution in [0.2, 0.25) is 0 Å². The van der Waals surface area contributed by atoms with Gasteiger partial charge in [-0.3, -0.25) is 0 Å². The highest BCUT2D eigenvalue weighted by atomic mass is 16.5. The van der Waals surface area contributed by atoms with Gasteiger partial charge in [0.1, 0.15) is 11.4 Å². The number of hydrogen-bond donors (Lipinski definition) is 0. The largest absolute Gasteiger partial charge is 0.487 e. The lowest BCUT2D eigenvalue weighted by Crippen LogP contribution is -2.17. The first-order valence-corrected chi connectivity index (χ1v) is 6.26. The molecule has 1 heterocycles. The summed E-state index contributed by atoms with van der Waals surface area (Å²) >= 11 is 0. The van der Waals surface area contributed by atoms with Crippen LogP contribution < -0.4 is 0 Å². The van der Waals surface area contributed by atoms with Crippen LogP contribution in [0.25, 0.3) is 0 Å². The lowest BCUT2D eigenvalue weighted by molar-refractivity contribution is 0.0683. The summed E-state index contributed by atoms with van der Waals surface area (Å²) in [6.45, 7) is 17.9. The van der Waals surface area contributed by atoms with E-state index in [9.17, 15) is 0 Å². The Bertz CT molecular complexity index is 244. The second kappa shape index (κ2) is 9.26. The van der Waals surface area contributed by atoms with Gasteiger partial charge in [-0.05, 0) is 32.4 Å². The maximum absolute atomic E-state index is 5.71. The zero-order valence-electron chi connectivity index (χ0n) is 12.1. The first kappa shape index (κ1) is 17.4. The van der Waals surface area contributed by atoms with E-state index in [2.05, 4.69) is 20.4 Å². The molecule has 0 bridgehead atoms. The molecule has 0 aromatic rings. The van der Waals surface area contributed by atoms with E-state index in [4.69, 9.17) is 4.74 Å². The molecule has 1 nitrogen and oxygen atoms in total. The zero-order chi connectivity index (χ0) is 13.2. The summed E-state index contributed by atoms with van der Waals surface area (Å²) in [7, 11) is 0. The number of hydrogen-bond acceptors (Lipinski definition) is 1. The van der Waals surface area contributed by atoms with Gasteiger partial charge in [0.05, 0.1) is 0 Å². The van der Waals surface area contributed by atoms with Crippen LogP contribution >= 0.6 is 0 Å². The fourth-order valence-corrected chi connectivity index (χ4v) is 1.41. The van der Waals surface area contributed by atoms with Gasteiger partial charge in [0.25, 0.3) is 0 Å². The van der Waals surface area contributed by atoms with Gasteiger partial charge in [0.15, 0.2) is 0 Å². The highest BCUT2D eigenvalue weighted by Gasteiger charge is 2.29. The van der Waals surface area contributed by atoms with E-state index < -0.39 is 0 Å². The quantitative estimate of drug-likeness (QED) is 0.622. The van der Waals surface area contributed by atoms with E-state index in [0.717, 1.165) is 12.2 Å². The molecular weight excluding hydrogens is 196 g/mol. The SMILES string of the molecule is C=CC1=C(/C=C\C)OC(C)(C)C1.CC.CC. The standard InChI is InChI=1S/C11H16O.2C2H6/c1-5-7-10-9(6-2)8-11(3,4)12-10;2*1-2/h5-7H,2,8H2,1,3-4H3;2*1-2H3/b7-5-;;. The number of rotatable bonds is 2. The Morgan fingerprint density at radius 1 is 1.19 bits per heavy atom. The van der Waals surface area contributed by atoms with Crippen LogP contribution in [0.3, 0.4) is 0 Å². The molecule has 0 fully saturated rings. The maximum atomic E-state index is 5.71.